The molecule has 2 aromatic carbocycles. The lowest BCUT2D eigenvalue weighted by molar-refractivity contribution is -0.118. The molecule has 28 heavy (non-hydrogen) atoms. The molecule has 0 radical (unpaired) electrons. The fourth-order valence-electron chi connectivity index (χ4n) is 2.34. The minimum Gasteiger partial charge on any atom is -0.484 e. The summed E-state index contributed by atoms with van der Waals surface area (Å²) in [4.78, 5) is 23.5. The molecule has 0 bridgehead atoms. The Morgan fingerprint density at radius 3 is 2.43 bits per heavy atom. The fourth-order valence-corrected chi connectivity index (χ4v) is 3.42. The number of amides is 1. The molecule has 0 saturated heterocycles. The van der Waals surface area contributed by atoms with E-state index in [0.717, 1.165) is 12.8 Å². The average Bonchev–Trinajstić information content (AvgIpc) is 2.67. The molecule has 7 nitrogen and oxygen atoms in total. The molecule has 0 unspecified atom stereocenters. The van der Waals surface area contributed by atoms with Crippen LogP contribution < -0.4 is 14.8 Å². The first-order valence-corrected chi connectivity index (χ1v) is 10.4. The van der Waals surface area contributed by atoms with Gasteiger partial charge in [0, 0.05) is 17.8 Å². The van der Waals surface area contributed by atoms with E-state index in [2.05, 4.69) is 10.0 Å². The zero-order valence-electron chi connectivity index (χ0n) is 15.9. The highest BCUT2D eigenvalue weighted by molar-refractivity contribution is 7.89. The third kappa shape index (κ3) is 6.47. The van der Waals surface area contributed by atoms with Crippen LogP contribution >= 0.6 is 0 Å². The zero-order chi connectivity index (χ0) is 20.6. The summed E-state index contributed by atoms with van der Waals surface area (Å²) in [7, 11) is -3.54. The van der Waals surface area contributed by atoms with E-state index < -0.39 is 15.9 Å². The van der Waals surface area contributed by atoms with Crippen LogP contribution in [0.5, 0.6) is 5.75 Å². The van der Waals surface area contributed by atoms with Crippen molar-refractivity contribution >= 4 is 27.4 Å². The van der Waals surface area contributed by atoms with Crippen molar-refractivity contribution in [1.82, 2.24) is 4.72 Å². The normalized spacial score (nSPS) is 11.1. The standard InChI is InChI=1S/C20H24N2O5S/c1-3-4-12-21-28(25,26)19-10-8-18(9-11-19)27-14-20(24)22-17-7-5-6-16(13-17)15(2)23/h5-11,13,21H,3-4,12,14H2,1-2H3,(H,22,24). The summed E-state index contributed by atoms with van der Waals surface area (Å²) in [5.41, 5.74) is 1.00. The maximum atomic E-state index is 12.1. The Labute approximate surface area is 165 Å². The summed E-state index contributed by atoms with van der Waals surface area (Å²) in [6.45, 7) is 3.58. The number of nitrogens with one attached hydrogen (secondary N) is 2. The summed E-state index contributed by atoms with van der Waals surface area (Å²) in [6, 6.07) is 12.5. The van der Waals surface area contributed by atoms with Gasteiger partial charge in [0.05, 0.1) is 4.90 Å². The van der Waals surface area contributed by atoms with Gasteiger partial charge in [0.1, 0.15) is 5.75 Å². The second-order valence-electron chi connectivity index (χ2n) is 6.20. The second-order valence-corrected chi connectivity index (χ2v) is 7.96. The van der Waals surface area contributed by atoms with E-state index in [-0.39, 0.29) is 17.3 Å². The largest absolute Gasteiger partial charge is 0.484 e. The third-order valence-corrected chi connectivity index (χ3v) is 5.36. The van der Waals surface area contributed by atoms with Crippen LogP contribution in [0.25, 0.3) is 0 Å². The van der Waals surface area contributed by atoms with Crippen molar-refractivity contribution in [3.05, 3.63) is 54.1 Å². The number of unbranched alkanes of at least 4 members (excludes halogenated alkanes) is 1. The highest BCUT2D eigenvalue weighted by atomic mass is 32.2. The van der Waals surface area contributed by atoms with E-state index in [9.17, 15) is 18.0 Å². The first kappa shape index (κ1) is 21.6. The number of rotatable bonds is 10. The van der Waals surface area contributed by atoms with Gasteiger partial charge in [-0.05, 0) is 49.7 Å². The Morgan fingerprint density at radius 1 is 1.07 bits per heavy atom. The van der Waals surface area contributed by atoms with Crippen LogP contribution in [0, 0.1) is 0 Å². The number of carbonyl (C=O) groups is 2. The molecule has 2 N–H and O–H groups in total. The molecule has 0 fully saturated rings. The molecule has 0 aliphatic heterocycles. The number of hydrogen-bond acceptors (Lipinski definition) is 5. The van der Waals surface area contributed by atoms with Gasteiger partial charge in [-0.1, -0.05) is 25.5 Å². The maximum absolute atomic E-state index is 12.1. The fraction of sp³-hybridized carbons (Fsp3) is 0.300. The first-order chi connectivity index (χ1) is 13.3. The topological polar surface area (TPSA) is 102 Å². The molecule has 0 spiro atoms. The molecule has 0 saturated carbocycles. The van der Waals surface area contributed by atoms with Gasteiger partial charge in [-0.15, -0.1) is 0 Å². The number of hydrogen-bond donors (Lipinski definition) is 2. The van der Waals surface area contributed by atoms with Gasteiger partial charge in [-0.25, -0.2) is 13.1 Å². The molecule has 2 rings (SSSR count). The van der Waals surface area contributed by atoms with E-state index in [0.29, 0.717) is 23.5 Å². The lowest BCUT2D eigenvalue weighted by atomic mass is 10.1. The van der Waals surface area contributed by atoms with Crippen LogP contribution in [-0.2, 0) is 14.8 Å². The SMILES string of the molecule is CCCCNS(=O)(=O)c1ccc(OCC(=O)Nc2cccc(C(C)=O)c2)cc1. The molecule has 0 aliphatic carbocycles. The Hall–Kier alpha value is -2.71. The van der Waals surface area contributed by atoms with E-state index >= 15 is 0 Å². The van der Waals surface area contributed by atoms with Crippen LogP contribution in [0.1, 0.15) is 37.0 Å². The van der Waals surface area contributed by atoms with Crippen LogP contribution in [0.2, 0.25) is 0 Å². The van der Waals surface area contributed by atoms with Crippen molar-refractivity contribution in [3.8, 4) is 5.75 Å². The predicted octanol–water partition coefficient (Wildman–Crippen LogP) is 2.99. The average molecular weight is 404 g/mol. The number of sulfonamides is 1. The van der Waals surface area contributed by atoms with E-state index in [1.807, 2.05) is 6.92 Å². The second kappa shape index (κ2) is 10.0. The summed E-state index contributed by atoms with van der Waals surface area (Å²) < 4.78 is 32.2. The Balaban J connectivity index is 1.90. The van der Waals surface area contributed by atoms with Crippen molar-refractivity contribution in [2.45, 2.75) is 31.6 Å². The number of ketones is 1. The van der Waals surface area contributed by atoms with Gasteiger partial charge >= 0.3 is 0 Å². The molecule has 0 aliphatic rings. The lowest BCUT2D eigenvalue weighted by Gasteiger charge is -2.09. The number of carbonyl (C=O) groups excluding carboxylic acids is 2. The third-order valence-electron chi connectivity index (χ3n) is 3.88. The highest BCUT2D eigenvalue weighted by Crippen LogP contribution is 2.16. The van der Waals surface area contributed by atoms with Gasteiger partial charge in [0.25, 0.3) is 5.91 Å². The van der Waals surface area contributed by atoms with Crippen LogP contribution in [0.15, 0.2) is 53.4 Å². The van der Waals surface area contributed by atoms with Crippen molar-refractivity contribution in [2.75, 3.05) is 18.5 Å². The summed E-state index contributed by atoms with van der Waals surface area (Å²) in [5.74, 6) is -0.106. The van der Waals surface area contributed by atoms with Crippen LogP contribution in [-0.4, -0.2) is 33.3 Å². The van der Waals surface area contributed by atoms with Gasteiger partial charge in [-0.3, -0.25) is 9.59 Å². The molecular weight excluding hydrogens is 380 g/mol. The molecule has 1 amide bonds. The molecule has 0 atom stereocenters. The Kier molecular flexibility index (Phi) is 7.71. The van der Waals surface area contributed by atoms with Gasteiger partial charge in [0.2, 0.25) is 10.0 Å². The molecule has 2 aromatic rings. The van der Waals surface area contributed by atoms with E-state index in [1.54, 1.807) is 24.3 Å². The quantitative estimate of drug-likeness (QED) is 0.468. The molecule has 0 heterocycles. The molecular formula is C20H24N2O5S. The minimum atomic E-state index is -3.54. The van der Waals surface area contributed by atoms with Gasteiger partial charge in [-0.2, -0.15) is 0 Å². The smallest absolute Gasteiger partial charge is 0.262 e. The number of ether oxygens (including phenoxy) is 1. The summed E-state index contributed by atoms with van der Waals surface area (Å²) in [6.07, 6.45) is 1.67. The van der Waals surface area contributed by atoms with E-state index in [4.69, 9.17) is 4.74 Å². The van der Waals surface area contributed by atoms with Crippen molar-refractivity contribution in [3.63, 3.8) is 0 Å². The van der Waals surface area contributed by atoms with E-state index in [1.165, 1.54) is 31.2 Å². The van der Waals surface area contributed by atoms with Crippen LogP contribution in [0.3, 0.4) is 0 Å². The van der Waals surface area contributed by atoms with Crippen LogP contribution in [0.4, 0.5) is 5.69 Å². The van der Waals surface area contributed by atoms with Crippen molar-refractivity contribution in [1.29, 1.82) is 0 Å². The highest BCUT2D eigenvalue weighted by Gasteiger charge is 2.13. The van der Waals surface area contributed by atoms with Gasteiger partial charge in [0.15, 0.2) is 12.4 Å². The first-order valence-electron chi connectivity index (χ1n) is 8.95. The number of Topliss-reactive ketones (excluding diaryl/α,β-unsaturated/α-hetero) is 1. The number of anilines is 1. The predicted molar refractivity (Wildman–Crippen MR) is 107 cm³/mol. The maximum Gasteiger partial charge on any atom is 0.262 e. The molecule has 0 aromatic heterocycles. The zero-order valence-corrected chi connectivity index (χ0v) is 16.7. The monoisotopic (exact) mass is 404 g/mol. The lowest BCUT2D eigenvalue weighted by Crippen LogP contribution is -2.24. The Bertz CT molecular complexity index is 924. The summed E-state index contributed by atoms with van der Waals surface area (Å²) in [5, 5.41) is 2.65. The van der Waals surface area contributed by atoms with Crippen molar-refractivity contribution < 1.29 is 22.7 Å². The molecule has 150 valence electrons. The Morgan fingerprint density at radius 2 is 1.79 bits per heavy atom. The minimum absolute atomic E-state index is 0.0911. The molecule has 8 heteroatoms. The number of benzene rings is 2. The van der Waals surface area contributed by atoms with Gasteiger partial charge < -0.3 is 10.1 Å². The summed E-state index contributed by atoms with van der Waals surface area (Å²) >= 11 is 0. The van der Waals surface area contributed by atoms with Crippen molar-refractivity contribution in [2.24, 2.45) is 0 Å².